The lowest BCUT2D eigenvalue weighted by Gasteiger charge is -2.14. The highest BCUT2D eigenvalue weighted by molar-refractivity contribution is 6.03. The molecule has 2 fully saturated rings. The monoisotopic (exact) mass is 498 g/mol. The molecular weight excluding hydrogens is 476 g/mol. The van der Waals surface area contributed by atoms with Crippen LogP contribution in [0.1, 0.15) is 46.4 Å². The highest BCUT2D eigenvalue weighted by atomic mass is 19.3. The Morgan fingerprint density at radius 1 is 0.686 bits per heavy atom. The third-order valence-corrected chi connectivity index (χ3v) is 5.32. The topological polar surface area (TPSA) is 80.3 Å². The zero-order valence-electron chi connectivity index (χ0n) is 18.4. The summed E-state index contributed by atoms with van der Waals surface area (Å²) >= 11 is 0. The number of alkyl halides is 4. The molecule has 11 heteroatoms. The molecule has 0 aliphatic heterocycles. The van der Waals surface area contributed by atoms with Crippen molar-refractivity contribution >= 4 is 11.9 Å². The van der Waals surface area contributed by atoms with Crippen molar-refractivity contribution in [3.05, 3.63) is 47.5 Å². The highest BCUT2D eigenvalue weighted by Gasteiger charge is 2.26. The number of halogens is 4. The Hall–Kier alpha value is -3.50. The molecule has 0 unspecified atom stereocenters. The molecule has 2 aliphatic carbocycles. The van der Waals surface area contributed by atoms with E-state index < -0.39 is 25.2 Å². The van der Waals surface area contributed by atoms with E-state index in [0.29, 0.717) is 11.8 Å². The van der Waals surface area contributed by atoms with Gasteiger partial charge < -0.3 is 23.7 Å². The Labute approximate surface area is 197 Å². The molecule has 2 aliphatic rings. The second-order valence-electron chi connectivity index (χ2n) is 8.27. The average Bonchev–Trinajstić information content (AvgIpc) is 3.72. The first kappa shape index (κ1) is 24.6. The number of hydrogen-bond donors (Lipinski definition) is 0. The van der Waals surface area contributed by atoms with Gasteiger partial charge in [0.15, 0.2) is 23.0 Å². The van der Waals surface area contributed by atoms with E-state index in [2.05, 4.69) is 9.47 Å². The Morgan fingerprint density at radius 3 is 1.43 bits per heavy atom. The van der Waals surface area contributed by atoms with E-state index in [9.17, 15) is 27.2 Å². The predicted octanol–water partition coefficient (Wildman–Crippen LogP) is 5.46. The van der Waals surface area contributed by atoms with Crippen LogP contribution in [-0.2, 0) is 4.74 Å². The van der Waals surface area contributed by atoms with Crippen LogP contribution in [-0.4, -0.2) is 38.4 Å². The molecule has 0 spiro atoms. The summed E-state index contributed by atoms with van der Waals surface area (Å²) in [6.45, 7) is -5.64. The van der Waals surface area contributed by atoms with Gasteiger partial charge in [0.05, 0.1) is 24.3 Å². The van der Waals surface area contributed by atoms with Crippen LogP contribution in [0.15, 0.2) is 36.4 Å². The van der Waals surface area contributed by atoms with Gasteiger partial charge in [-0.05, 0) is 73.9 Å². The van der Waals surface area contributed by atoms with Crippen LogP contribution in [0.2, 0.25) is 0 Å². The van der Waals surface area contributed by atoms with Gasteiger partial charge >= 0.3 is 25.2 Å². The number of rotatable bonds is 12. The maximum absolute atomic E-state index is 12.7. The molecule has 4 rings (SSSR count). The number of carbonyl (C=O) groups excluding carboxylic acids is 2. The number of esters is 2. The SMILES string of the molecule is O=C(OC(=O)c1ccc(OC(F)F)c(OCC2CC2)c1)c1ccc(OC(F)F)c(OCC2CC2)c1. The van der Waals surface area contributed by atoms with Gasteiger partial charge in [-0.15, -0.1) is 0 Å². The molecule has 0 heterocycles. The molecule has 188 valence electrons. The molecular formula is C24H22F4O7. The van der Waals surface area contributed by atoms with E-state index in [1.54, 1.807) is 0 Å². The van der Waals surface area contributed by atoms with Gasteiger partial charge in [0, 0.05) is 0 Å². The van der Waals surface area contributed by atoms with Gasteiger partial charge in [-0.3, -0.25) is 0 Å². The van der Waals surface area contributed by atoms with Crippen molar-refractivity contribution in [2.75, 3.05) is 13.2 Å². The summed E-state index contributed by atoms with van der Waals surface area (Å²) < 4.78 is 75.5. The first-order chi connectivity index (χ1) is 16.8. The second-order valence-corrected chi connectivity index (χ2v) is 8.27. The Balaban J connectivity index is 1.46. The highest BCUT2D eigenvalue weighted by Crippen LogP contribution is 2.36. The van der Waals surface area contributed by atoms with Crippen molar-refractivity contribution in [1.82, 2.24) is 0 Å². The molecule has 0 aromatic heterocycles. The molecule has 0 amide bonds. The van der Waals surface area contributed by atoms with Crippen LogP contribution in [0.25, 0.3) is 0 Å². The molecule has 0 N–H and O–H groups in total. The Kier molecular flexibility index (Phi) is 7.62. The lowest BCUT2D eigenvalue weighted by molar-refractivity contribution is -0.0521. The molecule has 2 aromatic carbocycles. The molecule has 0 bridgehead atoms. The van der Waals surface area contributed by atoms with E-state index >= 15 is 0 Å². The van der Waals surface area contributed by atoms with Crippen LogP contribution in [0.5, 0.6) is 23.0 Å². The summed E-state index contributed by atoms with van der Waals surface area (Å²) in [4.78, 5) is 25.1. The quantitative estimate of drug-likeness (QED) is 0.218. The fraction of sp³-hybridized carbons (Fsp3) is 0.417. The smallest absolute Gasteiger partial charge is 0.387 e. The molecule has 0 saturated heterocycles. The van der Waals surface area contributed by atoms with Gasteiger partial charge in [0.1, 0.15) is 0 Å². The summed E-state index contributed by atoms with van der Waals surface area (Å²) in [7, 11) is 0. The normalized spacial score (nSPS) is 15.1. The van der Waals surface area contributed by atoms with E-state index in [0.717, 1.165) is 62.1 Å². The van der Waals surface area contributed by atoms with Gasteiger partial charge in [-0.2, -0.15) is 17.6 Å². The fourth-order valence-electron chi connectivity index (χ4n) is 3.07. The van der Waals surface area contributed by atoms with Crippen LogP contribution in [0, 0.1) is 11.8 Å². The Bertz CT molecular complexity index is 984. The lowest BCUT2D eigenvalue weighted by Crippen LogP contribution is -2.14. The summed E-state index contributed by atoms with van der Waals surface area (Å²) in [6, 6.07) is 6.85. The van der Waals surface area contributed by atoms with Crippen molar-refractivity contribution in [3.63, 3.8) is 0 Å². The van der Waals surface area contributed by atoms with Crippen molar-refractivity contribution < 1.29 is 50.8 Å². The van der Waals surface area contributed by atoms with Crippen molar-refractivity contribution in [2.24, 2.45) is 11.8 Å². The third kappa shape index (κ3) is 7.24. The van der Waals surface area contributed by atoms with E-state index in [-0.39, 0.29) is 47.3 Å². The molecule has 0 radical (unpaired) electrons. The molecule has 2 aromatic rings. The predicted molar refractivity (Wildman–Crippen MR) is 112 cm³/mol. The third-order valence-electron chi connectivity index (χ3n) is 5.32. The maximum Gasteiger partial charge on any atom is 0.387 e. The van der Waals surface area contributed by atoms with Crippen LogP contribution < -0.4 is 18.9 Å². The van der Waals surface area contributed by atoms with Crippen LogP contribution in [0.3, 0.4) is 0 Å². The lowest BCUT2D eigenvalue weighted by atomic mass is 10.2. The maximum atomic E-state index is 12.7. The molecule has 35 heavy (non-hydrogen) atoms. The number of hydrogen-bond acceptors (Lipinski definition) is 7. The van der Waals surface area contributed by atoms with Gasteiger partial charge in [0.25, 0.3) is 0 Å². The van der Waals surface area contributed by atoms with Crippen molar-refractivity contribution in [3.8, 4) is 23.0 Å². The molecule has 7 nitrogen and oxygen atoms in total. The zero-order chi connectivity index (χ0) is 24.9. The number of benzene rings is 2. The molecule has 2 saturated carbocycles. The molecule has 0 atom stereocenters. The first-order valence-corrected chi connectivity index (χ1v) is 11.0. The van der Waals surface area contributed by atoms with Gasteiger partial charge in [0.2, 0.25) is 0 Å². The Morgan fingerprint density at radius 2 is 1.09 bits per heavy atom. The van der Waals surface area contributed by atoms with E-state index in [1.165, 1.54) is 0 Å². The van der Waals surface area contributed by atoms with Crippen molar-refractivity contribution in [2.45, 2.75) is 38.9 Å². The van der Waals surface area contributed by atoms with E-state index in [1.807, 2.05) is 0 Å². The average molecular weight is 498 g/mol. The summed E-state index contributed by atoms with van der Waals surface area (Å²) in [5.41, 5.74) is -0.262. The minimum atomic E-state index is -3.09. The van der Waals surface area contributed by atoms with Crippen LogP contribution >= 0.6 is 0 Å². The number of ether oxygens (including phenoxy) is 5. The largest absolute Gasteiger partial charge is 0.489 e. The van der Waals surface area contributed by atoms with Gasteiger partial charge in [-0.25, -0.2) is 9.59 Å². The second kappa shape index (κ2) is 10.8. The first-order valence-electron chi connectivity index (χ1n) is 11.0. The fourth-order valence-corrected chi connectivity index (χ4v) is 3.07. The van der Waals surface area contributed by atoms with E-state index in [4.69, 9.17) is 14.2 Å². The zero-order valence-corrected chi connectivity index (χ0v) is 18.4. The summed E-state index contributed by atoms with van der Waals surface area (Å²) in [6.07, 6.45) is 3.81. The summed E-state index contributed by atoms with van der Waals surface area (Å²) in [5, 5.41) is 0. The van der Waals surface area contributed by atoms with Crippen LogP contribution in [0.4, 0.5) is 17.6 Å². The minimum absolute atomic E-state index is 0.0802. The number of carbonyl (C=O) groups is 2. The summed E-state index contributed by atoms with van der Waals surface area (Å²) in [5.74, 6) is -2.19. The standard InChI is InChI=1S/C24H22F4O7/c25-23(26)33-17-7-5-15(9-19(17)31-11-13-1-2-13)21(29)35-22(30)16-6-8-18(34-24(27)28)20(10-16)32-12-14-3-4-14/h5-10,13-14,23-24H,1-4,11-12H2. The van der Waals surface area contributed by atoms with Gasteiger partial charge in [-0.1, -0.05) is 0 Å². The van der Waals surface area contributed by atoms with Crippen molar-refractivity contribution in [1.29, 1.82) is 0 Å². The minimum Gasteiger partial charge on any atom is -0.489 e.